The van der Waals surface area contributed by atoms with Gasteiger partial charge in [-0.2, -0.15) is 0 Å². The second-order valence-electron chi connectivity index (χ2n) is 16.7. The largest absolute Gasteiger partial charge is 0.488 e. The third-order valence-electron chi connectivity index (χ3n) is 12.0. The number of fused-ring (bicyclic) bond motifs is 2. The molecular formula is C38H65NO11. The number of carbonyl (C=O) groups excluding carboxylic acids is 2. The highest BCUT2D eigenvalue weighted by Crippen LogP contribution is 2.47. The van der Waals surface area contributed by atoms with Crippen molar-refractivity contribution in [2.45, 2.75) is 174 Å². The van der Waals surface area contributed by atoms with Crippen LogP contribution in [0.25, 0.3) is 0 Å². The van der Waals surface area contributed by atoms with Crippen LogP contribution in [0.1, 0.15) is 102 Å². The number of carbonyl (C=O) groups is 2. The molecule has 0 saturated carbocycles. The van der Waals surface area contributed by atoms with Crippen molar-refractivity contribution in [1.82, 2.24) is 4.90 Å². The zero-order chi connectivity index (χ0) is 37.7. The number of rotatable bonds is 7. The SMILES string of the molecule is CCC1OC(=O)C(C)C(OC2C[C@@](C)(OC)[C@@H](O)C(C)O2)C(C)[C@@H](OC2OC(C)CC(N(C)C)[C@H]2O)[C@]2(C)CC(C)=C(O2)[C@H](C)C(=O)C1(C)C. The van der Waals surface area contributed by atoms with Crippen molar-refractivity contribution in [3.8, 4) is 0 Å². The Morgan fingerprint density at radius 1 is 0.980 bits per heavy atom. The summed E-state index contributed by atoms with van der Waals surface area (Å²) in [4.78, 5) is 30.4. The Bertz CT molecular complexity index is 1250. The maximum Gasteiger partial charge on any atom is 0.311 e. The summed E-state index contributed by atoms with van der Waals surface area (Å²) in [6, 6.07) is -0.219. The smallest absolute Gasteiger partial charge is 0.311 e. The fourth-order valence-electron chi connectivity index (χ4n) is 8.83. The van der Waals surface area contributed by atoms with Gasteiger partial charge in [-0.3, -0.25) is 9.59 Å². The highest BCUT2D eigenvalue weighted by atomic mass is 16.7. The number of allylic oxidation sites excluding steroid dienone is 1. The van der Waals surface area contributed by atoms with Crippen molar-refractivity contribution in [2.75, 3.05) is 21.2 Å². The van der Waals surface area contributed by atoms with E-state index in [0.29, 0.717) is 25.0 Å². The first-order chi connectivity index (χ1) is 23.1. The van der Waals surface area contributed by atoms with Crippen LogP contribution in [0.15, 0.2) is 11.3 Å². The number of ketones is 1. The molecule has 4 aliphatic heterocycles. The number of likely N-dealkylation sites (N-methyl/N-ethyl adjacent to an activating group) is 1. The third-order valence-corrected chi connectivity index (χ3v) is 12.0. The molecule has 12 nitrogen and oxygen atoms in total. The number of methoxy groups -OCH3 is 1. The molecule has 2 N–H and O–H groups in total. The molecule has 50 heavy (non-hydrogen) atoms. The molecule has 3 fully saturated rings. The maximum atomic E-state index is 14.2. The van der Waals surface area contributed by atoms with Crippen LogP contribution in [-0.2, 0) is 42.7 Å². The second kappa shape index (κ2) is 15.4. The molecule has 4 rings (SSSR count). The molecule has 4 heterocycles. The summed E-state index contributed by atoms with van der Waals surface area (Å²) >= 11 is 0. The van der Waals surface area contributed by atoms with Crippen LogP contribution in [0.3, 0.4) is 0 Å². The highest BCUT2D eigenvalue weighted by Gasteiger charge is 2.55. The maximum absolute atomic E-state index is 14.2. The summed E-state index contributed by atoms with van der Waals surface area (Å²) in [6.45, 7) is 20.5. The van der Waals surface area contributed by atoms with E-state index in [9.17, 15) is 19.8 Å². The Morgan fingerprint density at radius 3 is 2.20 bits per heavy atom. The molecule has 0 aromatic carbocycles. The average Bonchev–Trinajstić information content (AvgIpc) is 3.37. The van der Waals surface area contributed by atoms with Gasteiger partial charge in [-0.05, 0) is 94.8 Å². The minimum atomic E-state index is -1.03. The summed E-state index contributed by atoms with van der Waals surface area (Å²) in [6.07, 6.45) is -5.20. The molecule has 4 aliphatic rings. The van der Waals surface area contributed by atoms with Gasteiger partial charge in [0, 0.05) is 31.9 Å². The number of hydrogen-bond donors (Lipinski definition) is 2. The van der Waals surface area contributed by atoms with E-state index in [1.165, 1.54) is 0 Å². The van der Waals surface area contributed by atoms with Crippen LogP contribution in [-0.4, -0.2) is 121 Å². The molecule has 0 aromatic rings. The Kier molecular flexibility index (Phi) is 12.6. The highest BCUT2D eigenvalue weighted by molar-refractivity contribution is 5.89. The van der Waals surface area contributed by atoms with Gasteiger partial charge in [-0.1, -0.05) is 13.8 Å². The number of Topliss-reactive ketones (excluding diaryl/α,β-unsaturated/α-hetero) is 1. The lowest BCUT2D eigenvalue weighted by molar-refractivity contribution is -0.316. The van der Waals surface area contributed by atoms with E-state index in [-0.39, 0.29) is 24.3 Å². The number of ether oxygens (including phenoxy) is 7. The topological polar surface area (TPSA) is 142 Å². The summed E-state index contributed by atoms with van der Waals surface area (Å²) < 4.78 is 45.0. The lowest BCUT2D eigenvalue weighted by Crippen LogP contribution is -2.60. The number of cyclic esters (lactones) is 1. The Morgan fingerprint density at radius 2 is 1.62 bits per heavy atom. The summed E-state index contributed by atoms with van der Waals surface area (Å²) in [5.74, 6) is -2.04. The number of aliphatic hydroxyl groups excluding tert-OH is 2. The van der Waals surface area contributed by atoms with Gasteiger partial charge in [0.05, 0.1) is 41.2 Å². The lowest BCUT2D eigenvalue weighted by Gasteiger charge is -2.48. The first kappa shape index (κ1) is 41.1. The molecule has 288 valence electrons. The zero-order valence-corrected chi connectivity index (χ0v) is 32.8. The van der Waals surface area contributed by atoms with Crippen LogP contribution in [0.2, 0.25) is 0 Å². The van der Waals surface area contributed by atoms with E-state index in [2.05, 4.69) is 0 Å². The average molecular weight is 712 g/mol. The molecule has 0 aromatic heterocycles. The molecule has 2 bridgehead atoms. The van der Waals surface area contributed by atoms with Crippen molar-refractivity contribution in [2.24, 2.45) is 23.2 Å². The van der Waals surface area contributed by atoms with Gasteiger partial charge in [-0.25, -0.2) is 0 Å². The standard InChI is InChI=1S/C38H65NO11/c1-15-26-36(8,9)31(41)21(4)29-19(2)17-38(11,50-29)33(49-35-28(40)25(39(12)13)16-20(3)45-35)22(5)30(23(6)34(43)47-26)48-27-18-37(10,44-14)32(42)24(7)46-27/h20-28,30,32-33,35,40,42H,15-18H2,1-14H3/t20?,21-,22?,23?,24?,25?,26?,27?,28+,30?,32-,33+,35?,37+,38-/m0/s1. The number of hydrogen-bond acceptors (Lipinski definition) is 12. The van der Waals surface area contributed by atoms with Crippen molar-refractivity contribution in [3.05, 3.63) is 11.3 Å². The van der Waals surface area contributed by atoms with E-state index in [1.807, 2.05) is 81.3 Å². The summed E-state index contributed by atoms with van der Waals surface area (Å²) in [5, 5.41) is 22.5. The van der Waals surface area contributed by atoms with Crippen LogP contribution in [0.5, 0.6) is 0 Å². The molecule has 3 saturated heterocycles. The normalized spacial score (nSPS) is 46.1. The van der Waals surface area contributed by atoms with E-state index >= 15 is 0 Å². The van der Waals surface area contributed by atoms with Crippen LogP contribution >= 0.6 is 0 Å². The Balaban J connectivity index is 1.84. The van der Waals surface area contributed by atoms with Crippen molar-refractivity contribution < 1.29 is 53.0 Å². The van der Waals surface area contributed by atoms with Gasteiger partial charge < -0.3 is 48.3 Å². The van der Waals surface area contributed by atoms with Gasteiger partial charge in [-0.15, -0.1) is 0 Å². The molecule has 15 atom stereocenters. The minimum Gasteiger partial charge on any atom is -0.488 e. The fourth-order valence-corrected chi connectivity index (χ4v) is 8.83. The second-order valence-corrected chi connectivity index (χ2v) is 16.7. The monoisotopic (exact) mass is 711 g/mol. The number of esters is 1. The van der Waals surface area contributed by atoms with Gasteiger partial charge in [0.15, 0.2) is 18.4 Å². The third kappa shape index (κ3) is 7.83. The van der Waals surface area contributed by atoms with Gasteiger partial charge >= 0.3 is 5.97 Å². The van der Waals surface area contributed by atoms with Crippen molar-refractivity contribution >= 4 is 11.8 Å². The zero-order valence-electron chi connectivity index (χ0n) is 32.8. The molecule has 0 spiro atoms. The van der Waals surface area contributed by atoms with E-state index in [1.54, 1.807) is 21.0 Å². The van der Waals surface area contributed by atoms with Crippen molar-refractivity contribution in [1.29, 1.82) is 0 Å². The number of aliphatic hydroxyl groups is 2. The first-order valence-electron chi connectivity index (χ1n) is 18.4. The molecule has 0 amide bonds. The van der Waals surface area contributed by atoms with Crippen LogP contribution < -0.4 is 0 Å². The van der Waals surface area contributed by atoms with Crippen LogP contribution in [0, 0.1) is 23.2 Å². The summed E-state index contributed by atoms with van der Waals surface area (Å²) in [7, 11) is 5.38. The van der Waals surface area contributed by atoms with Gasteiger partial charge in [0.2, 0.25) is 0 Å². The number of nitrogens with zero attached hydrogens (tertiary/aromatic N) is 1. The minimum absolute atomic E-state index is 0.0864. The molecule has 0 aliphatic carbocycles. The van der Waals surface area contributed by atoms with Gasteiger partial charge in [0.1, 0.15) is 35.8 Å². The van der Waals surface area contributed by atoms with Crippen LogP contribution in [0.4, 0.5) is 0 Å². The quantitative estimate of drug-likeness (QED) is 0.362. The van der Waals surface area contributed by atoms with E-state index in [4.69, 9.17) is 33.2 Å². The Hall–Kier alpha value is -1.64. The van der Waals surface area contributed by atoms with E-state index in [0.717, 1.165) is 5.57 Å². The van der Waals surface area contributed by atoms with Gasteiger partial charge in [0.25, 0.3) is 0 Å². The lowest BCUT2D eigenvalue weighted by atomic mass is 9.75. The predicted octanol–water partition coefficient (Wildman–Crippen LogP) is 4.38. The molecule has 9 unspecified atom stereocenters. The summed E-state index contributed by atoms with van der Waals surface area (Å²) in [5.41, 5.74) is -2.08. The first-order valence-corrected chi connectivity index (χ1v) is 18.4. The molecule has 0 radical (unpaired) electrons. The van der Waals surface area contributed by atoms with Crippen molar-refractivity contribution in [3.63, 3.8) is 0 Å². The predicted molar refractivity (Wildman–Crippen MR) is 186 cm³/mol. The van der Waals surface area contributed by atoms with E-state index < -0.39 is 89.5 Å². The Labute approximate surface area is 299 Å². The molecule has 12 heteroatoms. The molecular weight excluding hydrogens is 646 g/mol. The fraction of sp³-hybridized carbons (Fsp3) is 0.895.